The lowest BCUT2D eigenvalue weighted by molar-refractivity contribution is -0.116. The van der Waals surface area contributed by atoms with Gasteiger partial charge in [0.25, 0.3) is 5.91 Å². The van der Waals surface area contributed by atoms with Crippen LogP contribution in [0.15, 0.2) is 48.5 Å². The highest BCUT2D eigenvalue weighted by Gasteiger charge is 2.19. The van der Waals surface area contributed by atoms with Crippen LogP contribution in [0.1, 0.15) is 29.9 Å². The monoisotopic (exact) mass is 408 g/mol. The van der Waals surface area contributed by atoms with Crippen molar-refractivity contribution in [3.8, 4) is 5.75 Å². The van der Waals surface area contributed by atoms with Crippen molar-refractivity contribution in [2.24, 2.45) is 0 Å². The molecule has 0 aliphatic carbocycles. The number of nitrogens with two attached hydrogens (primary N) is 1. The number of benzene rings is 2. The van der Waals surface area contributed by atoms with E-state index >= 15 is 0 Å². The van der Waals surface area contributed by atoms with Gasteiger partial charge in [-0.15, -0.1) is 5.10 Å². The van der Waals surface area contributed by atoms with Gasteiger partial charge in [-0.1, -0.05) is 36.4 Å². The fourth-order valence-electron chi connectivity index (χ4n) is 2.79. The molecular formula is C21H24N6O3. The molecule has 2 amide bonds. The number of carbonyl (C=O) groups excluding carboxylic acids is 2. The quantitative estimate of drug-likeness (QED) is 0.526. The maximum absolute atomic E-state index is 12.5. The van der Waals surface area contributed by atoms with Crippen LogP contribution in [0.3, 0.4) is 0 Å². The van der Waals surface area contributed by atoms with Crippen molar-refractivity contribution >= 4 is 29.0 Å². The number of aryl methyl sites for hydroxylation is 1. The Morgan fingerprint density at radius 2 is 1.80 bits per heavy atom. The van der Waals surface area contributed by atoms with Crippen molar-refractivity contribution in [1.29, 1.82) is 0 Å². The first kappa shape index (κ1) is 20.8. The first-order chi connectivity index (χ1) is 14.5. The smallest absolute Gasteiger partial charge is 0.280 e. The van der Waals surface area contributed by atoms with Crippen LogP contribution in [0.25, 0.3) is 0 Å². The van der Waals surface area contributed by atoms with E-state index in [0.717, 1.165) is 12.0 Å². The van der Waals surface area contributed by atoms with Crippen molar-refractivity contribution in [3.05, 3.63) is 59.8 Å². The van der Waals surface area contributed by atoms with E-state index in [1.54, 1.807) is 30.3 Å². The van der Waals surface area contributed by atoms with E-state index in [0.29, 0.717) is 23.7 Å². The summed E-state index contributed by atoms with van der Waals surface area (Å²) < 4.78 is 6.67. The highest BCUT2D eigenvalue weighted by atomic mass is 16.5. The number of rotatable bonds is 8. The van der Waals surface area contributed by atoms with E-state index in [2.05, 4.69) is 27.9 Å². The number of para-hydroxylation sites is 2. The van der Waals surface area contributed by atoms with Gasteiger partial charge in [0.2, 0.25) is 5.91 Å². The van der Waals surface area contributed by atoms with E-state index < -0.39 is 5.91 Å². The first-order valence-corrected chi connectivity index (χ1v) is 9.62. The summed E-state index contributed by atoms with van der Waals surface area (Å²) in [6.45, 7) is 4.19. The van der Waals surface area contributed by atoms with Crippen LogP contribution in [0, 0.1) is 0 Å². The molecular weight excluding hydrogens is 384 g/mol. The molecule has 30 heavy (non-hydrogen) atoms. The molecule has 3 aromatic rings. The van der Waals surface area contributed by atoms with Crippen LogP contribution in [-0.4, -0.2) is 33.4 Å². The maximum atomic E-state index is 12.5. The van der Waals surface area contributed by atoms with Crippen molar-refractivity contribution in [3.63, 3.8) is 0 Å². The molecule has 0 fully saturated rings. The molecule has 0 unspecified atom stereocenters. The Kier molecular flexibility index (Phi) is 6.63. The number of nitrogens with one attached hydrogen (secondary N) is 2. The second kappa shape index (κ2) is 9.55. The molecule has 0 saturated carbocycles. The third-order valence-electron chi connectivity index (χ3n) is 4.36. The van der Waals surface area contributed by atoms with Crippen LogP contribution in [0.4, 0.5) is 17.2 Å². The van der Waals surface area contributed by atoms with E-state index in [9.17, 15) is 9.59 Å². The van der Waals surface area contributed by atoms with Gasteiger partial charge in [0.1, 0.15) is 12.3 Å². The van der Waals surface area contributed by atoms with E-state index in [-0.39, 0.29) is 24.0 Å². The lowest BCUT2D eigenvalue weighted by Crippen LogP contribution is -2.21. The van der Waals surface area contributed by atoms with Crippen LogP contribution in [0.5, 0.6) is 5.75 Å². The minimum Gasteiger partial charge on any atom is -0.492 e. The highest BCUT2D eigenvalue weighted by Crippen LogP contribution is 2.23. The number of ether oxygens (including phenoxy) is 1. The molecule has 3 rings (SSSR count). The lowest BCUT2D eigenvalue weighted by Gasteiger charge is -2.11. The summed E-state index contributed by atoms with van der Waals surface area (Å²) in [7, 11) is 0. The number of anilines is 3. The average Bonchev–Trinajstić information content (AvgIpc) is 3.10. The Labute approximate surface area is 174 Å². The summed E-state index contributed by atoms with van der Waals surface area (Å²) in [5.41, 5.74) is 8.27. The van der Waals surface area contributed by atoms with Gasteiger partial charge >= 0.3 is 0 Å². The molecule has 2 aromatic carbocycles. The molecule has 0 bridgehead atoms. The highest BCUT2D eigenvalue weighted by molar-refractivity contribution is 6.05. The second-order valence-electron chi connectivity index (χ2n) is 6.46. The van der Waals surface area contributed by atoms with Gasteiger partial charge < -0.3 is 21.1 Å². The first-order valence-electron chi connectivity index (χ1n) is 9.62. The minimum atomic E-state index is -0.495. The van der Waals surface area contributed by atoms with Crippen LogP contribution in [-0.2, 0) is 17.8 Å². The van der Waals surface area contributed by atoms with Crippen LogP contribution >= 0.6 is 0 Å². The lowest BCUT2D eigenvalue weighted by atomic mass is 10.1. The summed E-state index contributed by atoms with van der Waals surface area (Å²) in [6.07, 6.45) is 0.909. The predicted octanol–water partition coefficient (Wildman–Crippen LogP) is 2.71. The number of hydrogen-bond donors (Lipinski definition) is 3. The third-order valence-corrected chi connectivity index (χ3v) is 4.36. The maximum Gasteiger partial charge on any atom is 0.280 e. The molecule has 156 valence electrons. The average molecular weight is 408 g/mol. The fourth-order valence-corrected chi connectivity index (χ4v) is 2.79. The van der Waals surface area contributed by atoms with Crippen molar-refractivity contribution < 1.29 is 14.3 Å². The van der Waals surface area contributed by atoms with E-state index in [4.69, 9.17) is 10.5 Å². The van der Waals surface area contributed by atoms with Crippen molar-refractivity contribution in [2.75, 3.05) is 23.0 Å². The Morgan fingerprint density at radius 3 is 2.50 bits per heavy atom. The molecule has 1 heterocycles. The standard InChI is InChI=1S/C21H24N6O3/c1-3-14-9-11-15(12-10-14)23-21(29)19-20(22)27(26-25-19)13-18(28)24-16-7-5-6-8-17(16)30-4-2/h5-12H,3-4,13,22H2,1-2H3,(H,23,29)(H,24,28). The minimum absolute atomic E-state index is 0.00548. The summed E-state index contributed by atoms with van der Waals surface area (Å²) in [5.74, 6) is -0.300. The summed E-state index contributed by atoms with van der Waals surface area (Å²) >= 11 is 0. The summed E-state index contributed by atoms with van der Waals surface area (Å²) in [4.78, 5) is 24.9. The molecule has 9 heteroatoms. The molecule has 1 aromatic heterocycles. The fraction of sp³-hybridized carbons (Fsp3) is 0.238. The van der Waals surface area contributed by atoms with Gasteiger partial charge in [-0.05, 0) is 43.2 Å². The van der Waals surface area contributed by atoms with Crippen molar-refractivity contribution in [2.45, 2.75) is 26.8 Å². The largest absolute Gasteiger partial charge is 0.492 e. The number of hydrogen-bond acceptors (Lipinski definition) is 6. The topological polar surface area (TPSA) is 124 Å². The van der Waals surface area contributed by atoms with E-state index in [1.807, 2.05) is 25.1 Å². The van der Waals surface area contributed by atoms with Crippen molar-refractivity contribution in [1.82, 2.24) is 15.0 Å². The predicted molar refractivity (Wildman–Crippen MR) is 114 cm³/mol. The van der Waals surface area contributed by atoms with Crippen LogP contribution < -0.4 is 21.1 Å². The Bertz CT molecular complexity index is 1030. The van der Waals surface area contributed by atoms with Gasteiger partial charge in [0, 0.05) is 5.69 Å². The molecule has 0 radical (unpaired) electrons. The zero-order chi connectivity index (χ0) is 21.5. The van der Waals surface area contributed by atoms with Gasteiger partial charge in [-0.25, -0.2) is 4.68 Å². The Morgan fingerprint density at radius 1 is 1.07 bits per heavy atom. The Balaban J connectivity index is 1.66. The van der Waals surface area contributed by atoms with Crippen LogP contribution in [0.2, 0.25) is 0 Å². The Hall–Kier alpha value is -3.88. The molecule has 0 spiro atoms. The number of nitrogen functional groups attached to an aromatic ring is 1. The number of amides is 2. The summed E-state index contributed by atoms with van der Waals surface area (Å²) in [5, 5.41) is 13.1. The molecule has 0 saturated heterocycles. The van der Waals surface area contributed by atoms with Gasteiger partial charge in [-0.3, -0.25) is 9.59 Å². The van der Waals surface area contributed by atoms with Gasteiger partial charge in [0.15, 0.2) is 11.5 Å². The number of nitrogens with zero attached hydrogens (tertiary/aromatic N) is 3. The van der Waals surface area contributed by atoms with E-state index in [1.165, 1.54) is 4.68 Å². The second-order valence-corrected chi connectivity index (χ2v) is 6.46. The third kappa shape index (κ3) is 4.93. The molecule has 0 aliphatic rings. The molecule has 4 N–H and O–H groups in total. The summed E-state index contributed by atoms with van der Waals surface area (Å²) in [6, 6.07) is 14.6. The van der Waals surface area contributed by atoms with Gasteiger partial charge in [0.05, 0.1) is 12.3 Å². The molecule has 9 nitrogen and oxygen atoms in total. The normalized spacial score (nSPS) is 10.5. The molecule has 0 atom stereocenters. The number of carbonyl (C=O) groups is 2. The SMILES string of the molecule is CCOc1ccccc1NC(=O)Cn1nnc(C(=O)Nc2ccc(CC)cc2)c1N. The zero-order valence-electron chi connectivity index (χ0n) is 16.9. The van der Waals surface area contributed by atoms with Gasteiger partial charge in [-0.2, -0.15) is 0 Å². The molecule has 0 aliphatic heterocycles. The zero-order valence-corrected chi connectivity index (χ0v) is 16.9. The number of aromatic nitrogens is 3.